The standard InChI is InChI=1S/C20H20N2O3/c1-13-16(11-19(21)24)20-17(9-6-10-18(20)25-14(2)23)22(13)12-15-7-4-3-5-8-15/h3-10H,11-12H2,1-2H3,(H2,21,24). The van der Waals surface area contributed by atoms with Gasteiger partial charge in [0.15, 0.2) is 0 Å². The van der Waals surface area contributed by atoms with Crippen molar-refractivity contribution < 1.29 is 14.3 Å². The third kappa shape index (κ3) is 3.40. The molecule has 0 fully saturated rings. The van der Waals surface area contributed by atoms with Crippen molar-refractivity contribution in [3.8, 4) is 5.75 Å². The predicted octanol–water partition coefficient (Wildman–Crippen LogP) is 2.95. The highest BCUT2D eigenvalue weighted by atomic mass is 16.5. The zero-order valence-electron chi connectivity index (χ0n) is 14.3. The Bertz CT molecular complexity index is 942. The van der Waals surface area contributed by atoms with Crippen molar-refractivity contribution in [1.82, 2.24) is 4.57 Å². The number of benzene rings is 2. The number of nitrogens with zero attached hydrogens (tertiary/aromatic N) is 1. The summed E-state index contributed by atoms with van der Waals surface area (Å²) in [5.41, 5.74) is 9.24. The molecule has 0 atom stereocenters. The number of hydrogen-bond acceptors (Lipinski definition) is 3. The van der Waals surface area contributed by atoms with Crippen LogP contribution in [0.1, 0.15) is 23.7 Å². The quantitative estimate of drug-likeness (QED) is 0.575. The Morgan fingerprint density at radius 2 is 1.80 bits per heavy atom. The van der Waals surface area contributed by atoms with E-state index in [1.807, 2.05) is 37.3 Å². The SMILES string of the molecule is CC(=O)Oc1cccc2c1c(CC(N)=O)c(C)n2Cc1ccccc1. The van der Waals surface area contributed by atoms with Gasteiger partial charge in [0.05, 0.1) is 11.9 Å². The molecule has 5 heteroatoms. The molecule has 0 unspecified atom stereocenters. The van der Waals surface area contributed by atoms with E-state index in [-0.39, 0.29) is 6.42 Å². The summed E-state index contributed by atoms with van der Waals surface area (Å²) >= 11 is 0. The maximum Gasteiger partial charge on any atom is 0.308 e. The first-order valence-corrected chi connectivity index (χ1v) is 8.08. The van der Waals surface area contributed by atoms with Gasteiger partial charge in [-0.05, 0) is 30.2 Å². The third-order valence-electron chi connectivity index (χ3n) is 4.23. The zero-order valence-corrected chi connectivity index (χ0v) is 14.3. The summed E-state index contributed by atoms with van der Waals surface area (Å²) in [6.45, 7) is 3.98. The van der Waals surface area contributed by atoms with E-state index in [1.165, 1.54) is 6.92 Å². The molecule has 0 radical (unpaired) electrons. The summed E-state index contributed by atoms with van der Waals surface area (Å²) in [6.07, 6.45) is 0.0996. The number of carbonyl (C=O) groups excluding carboxylic acids is 2. The number of amides is 1. The molecule has 1 aromatic heterocycles. The lowest BCUT2D eigenvalue weighted by Gasteiger charge is -2.09. The number of rotatable bonds is 5. The minimum atomic E-state index is -0.417. The average molecular weight is 336 g/mol. The first-order chi connectivity index (χ1) is 12.0. The zero-order chi connectivity index (χ0) is 18.0. The molecule has 2 N–H and O–H groups in total. The van der Waals surface area contributed by atoms with Crippen LogP contribution in [0, 0.1) is 6.92 Å². The maximum absolute atomic E-state index is 11.6. The lowest BCUT2D eigenvalue weighted by molar-refractivity contribution is -0.131. The van der Waals surface area contributed by atoms with Gasteiger partial charge >= 0.3 is 5.97 Å². The van der Waals surface area contributed by atoms with Gasteiger partial charge in [-0.25, -0.2) is 0 Å². The molecule has 0 saturated heterocycles. The molecule has 3 rings (SSSR count). The van der Waals surface area contributed by atoms with Gasteiger partial charge in [-0.15, -0.1) is 0 Å². The number of fused-ring (bicyclic) bond motifs is 1. The van der Waals surface area contributed by atoms with Crippen molar-refractivity contribution in [3.05, 3.63) is 65.4 Å². The lowest BCUT2D eigenvalue weighted by Crippen LogP contribution is -2.14. The van der Waals surface area contributed by atoms with Crippen molar-refractivity contribution in [1.29, 1.82) is 0 Å². The molecule has 1 heterocycles. The third-order valence-corrected chi connectivity index (χ3v) is 4.23. The Labute approximate surface area is 146 Å². The van der Waals surface area contributed by atoms with Gasteiger partial charge in [0.1, 0.15) is 5.75 Å². The van der Waals surface area contributed by atoms with Gasteiger partial charge < -0.3 is 15.0 Å². The Morgan fingerprint density at radius 3 is 2.44 bits per heavy atom. The normalized spacial score (nSPS) is 10.8. The monoisotopic (exact) mass is 336 g/mol. The molecule has 128 valence electrons. The van der Waals surface area contributed by atoms with Gasteiger partial charge in [-0.3, -0.25) is 9.59 Å². The van der Waals surface area contributed by atoms with Crippen molar-refractivity contribution in [2.24, 2.45) is 5.73 Å². The summed E-state index contributed by atoms with van der Waals surface area (Å²) in [4.78, 5) is 23.0. The van der Waals surface area contributed by atoms with E-state index in [1.54, 1.807) is 6.07 Å². The lowest BCUT2D eigenvalue weighted by atomic mass is 10.1. The van der Waals surface area contributed by atoms with E-state index < -0.39 is 11.9 Å². The van der Waals surface area contributed by atoms with Gasteiger partial charge in [0.25, 0.3) is 0 Å². The van der Waals surface area contributed by atoms with Gasteiger partial charge in [0.2, 0.25) is 5.91 Å². The maximum atomic E-state index is 11.6. The van der Waals surface area contributed by atoms with E-state index >= 15 is 0 Å². The molecule has 0 bridgehead atoms. The number of ether oxygens (including phenoxy) is 1. The number of primary amides is 1. The summed E-state index contributed by atoms with van der Waals surface area (Å²) in [5, 5.41) is 0.768. The van der Waals surface area contributed by atoms with Crippen LogP contribution in [0.3, 0.4) is 0 Å². The van der Waals surface area contributed by atoms with Crippen molar-refractivity contribution in [2.45, 2.75) is 26.8 Å². The fraction of sp³-hybridized carbons (Fsp3) is 0.200. The first kappa shape index (κ1) is 16.8. The fourth-order valence-electron chi connectivity index (χ4n) is 3.17. The minimum Gasteiger partial charge on any atom is -0.426 e. The van der Waals surface area contributed by atoms with Crippen LogP contribution in [0.5, 0.6) is 5.75 Å². The molecular formula is C20H20N2O3. The molecule has 2 aromatic carbocycles. The molecule has 0 aliphatic rings. The topological polar surface area (TPSA) is 74.3 Å². The molecule has 25 heavy (non-hydrogen) atoms. The second kappa shape index (κ2) is 6.81. The van der Waals surface area contributed by atoms with Gasteiger partial charge in [-0.1, -0.05) is 36.4 Å². The molecule has 0 saturated carbocycles. The van der Waals surface area contributed by atoms with Gasteiger partial charge in [-0.2, -0.15) is 0 Å². The minimum absolute atomic E-state index is 0.0996. The molecule has 3 aromatic rings. The number of nitrogens with two attached hydrogens (primary N) is 1. The number of esters is 1. The van der Waals surface area contributed by atoms with E-state index in [9.17, 15) is 9.59 Å². The number of carbonyl (C=O) groups is 2. The van der Waals surface area contributed by atoms with Crippen LogP contribution in [0.25, 0.3) is 10.9 Å². The van der Waals surface area contributed by atoms with Crippen LogP contribution in [0.15, 0.2) is 48.5 Å². The van der Waals surface area contributed by atoms with Crippen molar-refractivity contribution in [3.63, 3.8) is 0 Å². The molecule has 0 aliphatic heterocycles. The van der Waals surface area contributed by atoms with Crippen LogP contribution >= 0.6 is 0 Å². The van der Waals surface area contributed by atoms with E-state index in [4.69, 9.17) is 10.5 Å². The predicted molar refractivity (Wildman–Crippen MR) is 96.4 cm³/mol. The number of aromatic nitrogens is 1. The second-order valence-corrected chi connectivity index (χ2v) is 6.02. The molecule has 5 nitrogen and oxygen atoms in total. The Kier molecular flexibility index (Phi) is 4.57. The molecule has 0 aliphatic carbocycles. The second-order valence-electron chi connectivity index (χ2n) is 6.02. The van der Waals surface area contributed by atoms with Gasteiger partial charge in [0, 0.05) is 24.5 Å². The molecular weight excluding hydrogens is 316 g/mol. The molecule has 1 amide bonds. The molecule has 0 spiro atoms. The smallest absolute Gasteiger partial charge is 0.308 e. The Hall–Kier alpha value is -3.08. The Morgan fingerprint density at radius 1 is 1.08 bits per heavy atom. The summed E-state index contributed by atoms with van der Waals surface area (Å²) in [7, 11) is 0. The summed E-state index contributed by atoms with van der Waals surface area (Å²) in [6, 6.07) is 15.6. The largest absolute Gasteiger partial charge is 0.426 e. The number of hydrogen-bond donors (Lipinski definition) is 1. The van der Waals surface area contributed by atoms with Crippen LogP contribution in [0.4, 0.5) is 0 Å². The highest BCUT2D eigenvalue weighted by Gasteiger charge is 2.20. The van der Waals surface area contributed by atoms with Crippen LogP contribution in [0.2, 0.25) is 0 Å². The van der Waals surface area contributed by atoms with E-state index in [2.05, 4.69) is 16.7 Å². The Balaban J connectivity index is 2.21. The highest BCUT2D eigenvalue weighted by Crippen LogP contribution is 2.34. The fourth-order valence-corrected chi connectivity index (χ4v) is 3.17. The summed E-state index contributed by atoms with van der Waals surface area (Å²) in [5.74, 6) is -0.360. The van der Waals surface area contributed by atoms with Crippen LogP contribution < -0.4 is 10.5 Å². The first-order valence-electron chi connectivity index (χ1n) is 8.08. The van der Waals surface area contributed by atoms with Crippen molar-refractivity contribution >= 4 is 22.8 Å². The van der Waals surface area contributed by atoms with E-state index in [0.717, 1.165) is 27.7 Å². The van der Waals surface area contributed by atoms with E-state index in [0.29, 0.717) is 12.3 Å². The van der Waals surface area contributed by atoms with Crippen molar-refractivity contribution in [2.75, 3.05) is 0 Å². The van der Waals surface area contributed by atoms with Crippen LogP contribution in [-0.4, -0.2) is 16.4 Å². The highest BCUT2D eigenvalue weighted by molar-refractivity contribution is 5.95. The average Bonchev–Trinajstić information content (AvgIpc) is 2.81. The van der Waals surface area contributed by atoms with Crippen LogP contribution in [-0.2, 0) is 22.6 Å². The summed E-state index contributed by atoms with van der Waals surface area (Å²) < 4.78 is 7.48.